The quantitative estimate of drug-likeness (QED) is 0.404. The van der Waals surface area contributed by atoms with Gasteiger partial charge in [-0.15, -0.1) is 20.4 Å². The molecule has 6 nitrogen and oxygen atoms in total. The fourth-order valence-electron chi connectivity index (χ4n) is 3.29. The van der Waals surface area contributed by atoms with E-state index in [1.807, 2.05) is 49.4 Å². The molecule has 0 spiro atoms. The lowest BCUT2D eigenvalue weighted by Gasteiger charge is -2.11. The molecule has 0 saturated heterocycles. The molecule has 146 valence electrons. The fourth-order valence-corrected chi connectivity index (χ4v) is 4.19. The summed E-state index contributed by atoms with van der Waals surface area (Å²) in [5.74, 6) is 2.67. The van der Waals surface area contributed by atoms with Gasteiger partial charge in [0.15, 0.2) is 5.16 Å². The molecule has 7 heteroatoms. The Hall–Kier alpha value is -2.93. The molecule has 0 bridgehead atoms. The van der Waals surface area contributed by atoms with Crippen LogP contribution in [0, 0.1) is 6.92 Å². The summed E-state index contributed by atoms with van der Waals surface area (Å²) in [4.78, 5) is 0. The minimum atomic E-state index is -0.0419. The van der Waals surface area contributed by atoms with E-state index in [0.717, 1.165) is 27.8 Å². The van der Waals surface area contributed by atoms with Gasteiger partial charge in [0.05, 0.1) is 5.25 Å². The van der Waals surface area contributed by atoms with Crippen LogP contribution in [0.5, 0.6) is 0 Å². The van der Waals surface area contributed by atoms with Crippen molar-refractivity contribution >= 4 is 11.8 Å². The van der Waals surface area contributed by atoms with E-state index in [0.29, 0.717) is 17.7 Å². The van der Waals surface area contributed by atoms with Crippen LogP contribution in [-0.4, -0.2) is 25.0 Å². The topological polar surface area (TPSA) is 69.6 Å². The van der Waals surface area contributed by atoms with Gasteiger partial charge in [-0.25, -0.2) is 0 Å². The SMILES string of the molecule is Cc1cccc(-c2nnc([C@@H](C)Sc3nnc(C4CC4)n3-c3ccccc3)o2)c1. The highest BCUT2D eigenvalue weighted by Gasteiger charge is 2.31. The molecule has 0 N–H and O–H groups in total. The van der Waals surface area contributed by atoms with Crippen molar-refractivity contribution in [3.63, 3.8) is 0 Å². The van der Waals surface area contributed by atoms with Crippen molar-refractivity contribution in [2.24, 2.45) is 0 Å². The van der Waals surface area contributed by atoms with E-state index in [4.69, 9.17) is 4.42 Å². The first-order valence-corrected chi connectivity index (χ1v) is 10.6. The highest BCUT2D eigenvalue weighted by Crippen LogP contribution is 2.43. The van der Waals surface area contributed by atoms with Crippen LogP contribution >= 0.6 is 11.8 Å². The average molecular weight is 404 g/mol. The van der Waals surface area contributed by atoms with E-state index in [1.54, 1.807) is 11.8 Å². The zero-order valence-electron chi connectivity index (χ0n) is 16.3. The first-order valence-electron chi connectivity index (χ1n) is 9.77. The lowest BCUT2D eigenvalue weighted by atomic mass is 10.1. The average Bonchev–Trinajstić information content (AvgIpc) is 3.31. The number of thioether (sulfide) groups is 1. The van der Waals surface area contributed by atoms with E-state index in [1.165, 1.54) is 12.8 Å². The number of benzene rings is 2. The third-order valence-corrected chi connectivity index (χ3v) is 5.98. The van der Waals surface area contributed by atoms with Crippen LogP contribution in [0.15, 0.2) is 64.2 Å². The van der Waals surface area contributed by atoms with Crippen LogP contribution < -0.4 is 0 Å². The lowest BCUT2D eigenvalue weighted by molar-refractivity contribution is 0.509. The van der Waals surface area contributed by atoms with E-state index in [2.05, 4.69) is 44.0 Å². The molecule has 1 aliphatic rings. The summed E-state index contributed by atoms with van der Waals surface area (Å²) in [5.41, 5.74) is 3.18. The van der Waals surface area contributed by atoms with E-state index >= 15 is 0 Å². The van der Waals surface area contributed by atoms with Crippen LogP contribution in [0.2, 0.25) is 0 Å². The minimum Gasteiger partial charge on any atom is -0.419 e. The Labute approximate surface area is 173 Å². The zero-order valence-corrected chi connectivity index (χ0v) is 17.1. The highest BCUT2D eigenvalue weighted by atomic mass is 32.2. The first kappa shape index (κ1) is 18.1. The molecule has 1 fully saturated rings. The van der Waals surface area contributed by atoms with Gasteiger partial charge in [-0.2, -0.15) is 0 Å². The Kier molecular flexibility index (Phi) is 4.67. The smallest absolute Gasteiger partial charge is 0.247 e. The maximum atomic E-state index is 5.97. The maximum Gasteiger partial charge on any atom is 0.247 e. The Morgan fingerprint density at radius 1 is 1.00 bits per heavy atom. The van der Waals surface area contributed by atoms with Gasteiger partial charge in [-0.1, -0.05) is 47.7 Å². The molecular formula is C22H21N5OS. The van der Waals surface area contributed by atoms with E-state index in [9.17, 15) is 0 Å². The van der Waals surface area contributed by atoms with Crippen molar-refractivity contribution in [2.75, 3.05) is 0 Å². The van der Waals surface area contributed by atoms with Gasteiger partial charge in [0, 0.05) is 17.2 Å². The molecule has 29 heavy (non-hydrogen) atoms. The fraction of sp³-hybridized carbons (Fsp3) is 0.273. The van der Waals surface area contributed by atoms with Crippen LogP contribution in [0.4, 0.5) is 0 Å². The molecule has 0 aliphatic heterocycles. The summed E-state index contributed by atoms with van der Waals surface area (Å²) < 4.78 is 8.13. The Balaban J connectivity index is 1.42. The molecule has 0 amide bonds. The summed E-state index contributed by atoms with van der Waals surface area (Å²) in [6.45, 7) is 4.10. The van der Waals surface area contributed by atoms with Gasteiger partial charge >= 0.3 is 0 Å². The van der Waals surface area contributed by atoms with Crippen LogP contribution in [0.3, 0.4) is 0 Å². The Morgan fingerprint density at radius 3 is 2.59 bits per heavy atom. The molecule has 5 rings (SSSR count). The van der Waals surface area contributed by atoms with Crippen molar-refractivity contribution in [2.45, 2.75) is 43.0 Å². The van der Waals surface area contributed by atoms with Crippen LogP contribution in [-0.2, 0) is 0 Å². The Bertz CT molecular complexity index is 1130. The van der Waals surface area contributed by atoms with Gasteiger partial charge in [0.25, 0.3) is 0 Å². The van der Waals surface area contributed by atoms with Gasteiger partial charge < -0.3 is 4.42 Å². The second-order valence-corrected chi connectivity index (χ2v) is 8.67. The summed E-state index contributed by atoms with van der Waals surface area (Å²) in [7, 11) is 0. The van der Waals surface area contributed by atoms with E-state index in [-0.39, 0.29) is 5.25 Å². The number of hydrogen-bond acceptors (Lipinski definition) is 6. The number of aryl methyl sites for hydroxylation is 1. The molecule has 2 aromatic heterocycles. The predicted octanol–water partition coefficient (Wildman–Crippen LogP) is 5.36. The van der Waals surface area contributed by atoms with Crippen molar-refractivity contribution < 1.29 is 4.42 Å². The highest BCUT2D eigenvalue weighted by molar-refractivity contribution is 7.99. The molecule has 1 aliphatic carbocycles. The minimum absolute atomic E-state index is 0.0419. The second kappa shape index (κ2) is 7.48. The first-order chi connectivity index (χ1) is 14.2. The number of aromatic nitrogens is 5. The second-order valence-electron chi connectivity index (χ2n) is 7.36. The summed E-state index contributed by atoms with van der Waals surface area (Å²) >= 11 is 1.59. The molecule has 0 unspecified atom stereocenters. The summed E-state index contributed by atoms with van der Waals surface area (Å²) in [5, 5.41) is 18.3. The number of hydrogen-bond donors (Lipinski definition) is 0. The van der Waals surface area contributed by atoms with Gasteiger partial charge in [-0.05, 0) is 51.0 Å². The number of para-hydroxylation sites is 1. The van der Waals surface area contributed by atoms with Gasteiger partial charge in [-0.3, -0.25) is 4.57 Å². The van der Waals surface area contributed by atoms with Crippen molar-refractivity contribution in [3.8, 4) is 17.1 Å². The number of nitrogens with zero attached hydrogens (tertiary/aromatic N) is 5. The molecule has 2 heterocycles. The molecule has 1 saturated carbocycles. The van der Waals surface area contributed by atoms with E-state index < -0.39 is 0 Å². The summed E-state index contributed by atoms with van der Waals surface area (Å²) in [6.07, 6.45) is 2.35. The summed E-state index contributed by atoms with van der Waals surface area (Å²) in [6, 6.07) is 18.3. The lowest BCUT2D eigenvalue weighted by Crippen LogP contribution is -2.02. The largest absolute Gasteiger partial charge is 0.419 e. The molecular weight excluding hydrogens is 382 g/mol. The predicted molar refractivity (Wildman–Crippen MR) is 112 cm³/mol. The monoisotopic (exact) mass is 403 g/mol. The normalized spacial score (nSPS) is 14.8. The van der Waals surface area contributed by atoms with Crippen molar-refractivity contribution in [1.82, 2.24) is 25.0 Å². The van der Waals surface area contributed by atoms with Crippen molar-refractivity contribution in [3.05, 3.63) is 71.9 Å². The Morgan fingerprint density at radius 2 is 1.83 bits per heavy atom. The molecule has 0 radical (unpaired) electrons. The molecule has 1 atom stereocenters. The number of rotatable bonds is 6. The van der Waals surface area contributed by atoms with Crippen molar-refractivity contribution in [1.29, 1.82) is 0 Å². The third-order valence-electron chi connectivity index (χ3n) is 4.95. The standard InChI is InChI=1S/C22H21N5OS/c1-14-7-6-8-17(13-14)21-25-24-20(28-21)15(2)29-22-26-23-19(16-11-12-16)27(22)18-9-4-3-5-10-18/h3-10,13,15-16H,11-12H2,1-2H3/t15-/m1/s1. The molecule has 2 aromatic carbocycles. The van der Waals surface area contributed by atoms with Gasteiger partial charge in [0.2, 0.25) is 11.8 Å². The van der Waals surface area contributed by atoms with Crippen LogP contribution in [0.25, 0.3) is 17.1 Å². The maximum absolute atomic E-state index is 5.97. The molecule has 4 aromatic rings. The zero-order chi connectivity index (χ0) is 19.8. The third kappa shape index (κ3) is 3.70. The van der Waals surface area contributed by atoms with Crippen LogP contribution in [0.1, 0.15) is 48.2 Å². The van der Waals surface area contributed by atoms with Gasteiger partial charge in [0.1, 0.15) is 5.82 Å².